The number of amides is 1. The summed E-state index contributed by atoms with van der Waals surface area (Å²) in [5, 5.41) is 0.982. The summed E-state index contributed by atoms with van der Waals surface area (Å²) >= 11 is 0. The summed E-state index contributed by atoms with van der Waals surface area (Å²) in [6.45, 7) is 5.45. The number of ether oxygens (including phenoxy) is 1. The van der Waals surface area contributed by atoms with Crippen LogP contribution in [0.3, 0.4) is 0 Å². The summed E-state index contributed by atoms with van der Waals surface area (Å²) in [6.07, 6.45) is 0. The van der Waals surface area contributed by atoms with Gasteiger partial charge in [0.1, 0.15) is 12.4 Å². The number of nitrogens with zero attached hydrogens (tertiary/aromatic N) is 1. The predicted octanol–water partition coefficient (Wildman–Crippen LogP) is 2.13. The first-order valence-electron chi connectivity index (χ1n) is 7.78. The van der Waals surface area contributed by atoms with Crippen LogP contribution in [0.5, 0.6) is 5.75 Å². The van der Waals surface area contributed by atoms with E-state index >= 15 is 0 Å². The van der Waals surface area contributed by atoms with Crippen molar-refractivity contribution in [3.63, 3.8) is 0 Å². The third kappa shape index (κ3) is 3.46. The Morgan fingerprint density at radius 1 is 1.13 bits per heavy atom. The van der Waals surface area contributed by atoms with E-state index in [4.69, 9.17) is 4.74 Å². The zero-order valence-corrected chi connectivity index (χ0v) is 14.5. The van der Waals surface area contributed by atoms with Crippen LogP contribution in [0.2, 0.25) is 13.1 Å². The van der Waals surface area contributed by atoms with Crippen molar-refractivity contribution in [2.45, 2.75) is 19.6 Å². The Bertz CT molecular complexity index is 707. The van der Waals surface area contributed by atoms with E-state index in [0.29, 0.717) is 19.7 Å². The SMILES string of the molecule is C[Si](C)(O)c1ccc(OCCN2Cc3ccccc3C2=O)cc1. The first-order valence-corrected chi connectivity index (χ1v) is 10.7. The lowest BCUT2D eigenvalue weighted by molar-refractivity contribution is 0.0753. The van der Waals surface area contributed by atoms with Crippen LogP contribution in [-0.4, -0.2) is 37.1 Å². The summed E-state index contributed by atoms with van der Waals surface area (Å²) in [4.78, 5) is 24.1. The van der Waals surface area contributed by atoms with Crippen LogP contribution in [-0.2, 0) is 6.54 Å². The largest absolute Gasteiger partial charge is 0.492 e. The highest BCUT2D eigenvalue weighted by atomic mass is 28.4. The van der Waals surface area contributed by atoms with Gasteiger partial charge in [-0.05, 0) is 42.0 Å². The molecule has 0 aliphatic carbocycles. The van der Waals surface area contributed by atoms with Crippen molar-refractivity contribution < 1.29 is 14.3 Å². The van der Waals surface area contributed by atoms with Gasteiger partial charge in [0.2, 0.25) is 8.32 Å². The lowest BCUT2D eigenvalue weighted by atomic mass is 10.1. The Kier molecular flexibility index (Phi) is 4.24. The van der Waals surface area contributed by atoms with Gasteiger partial charge in [0.25, 0.3) is 5.91 Å². The van der Waals surface area contributed by atoms with Gasteiger partial charge in [0, 0.05) is 12.1 Å². The van der Waals surface area contributed by atoms with Crippen LogP contribution < -0.4 is 9.92 Å². The maximum atomic E-state index is 12.2. The third-order valence-corrected chi connectivity index (χ3v) is 5.83. The summed E-state index contributed by atoms with van der Waals surface area (Å²) in [5.41, 5.74) is 1.88. The summed E-state index contributed by atoms with van der Waals surface area (Å²) < 4.78 is 5.72. The van der Waals surface area contributed by atoms with Gasteiger partial charge in [-0.15, -0.1) is 0 Å². The number of carbonyl (C=O) groups is 1. The molecule has 0 fully saturated rings. The van der Waals surface area contributed by atoms with Gasteiger partial charge in [-0.2, -0.15) is 0 Å². The molecule has 0 bridgehead atoms. The minimum atomic E-state index is -2.26. The average molecular weight is 327 g/mol. The van der Waals surface area contributed by atoms with E-state index in [0.717, 1.165) is 22.1 Å². The number of hydrogen-bond acceptors (Lipinski definition) is 3. The molecule has 2 aromatic carbocycles. The molecule has 1 aliphatic heterocycles. The topological polar surface area (TPSA) is 49.8 Å². The van der Waals surface area contributed by atoms with Gasteiger partial charge in [0.15, 0.2) is 0 Å². The smallest absolute Gasteiger partial charge is 0.254 e. The van der Waals surface area contributed by atoms with Crippen molar-refractivity contribution in [3.8, 4) is 5.75 Å². The van der Waals surface area contributed by atoms with Crippen molar-refractivity contribution in [3.05, 3.63) is 59.7 Å². The second kappa shape index (κ2) is 6.18. The second-order valence-electron chi connectivity index (χ2n) is 6.32. The monoisotopic (exact) mass is 327 g/mol. The zero-order chi connectivity index (χ0) is 16.4. The molecule has 0 aromatic heterocycles. The predicted molar refractivity (Wildman–Crippen MR) is 92.5 cm³/mol. The highest BCUT2D eigenvalue weighted by molar-refractivity contribution is 6.83. The van der Waals surface area contributed by atoms with Gasteiger partial charge >= 0.3 is 0 Å². The molecule has 0 saturated heterocycles. The molecule has 4 nitrogen and oxygen atoms in total. The molecule has 23 heavy (non-hydrogen) atoms. The maximum Gasteiger partial charge on any atom is 0.254 e. The average Bonchev–Trinajstić information content (AvgIpc) is 2.84. The molecule has 120 valence electrons. The van der Waals surface area contributed by atoms with E-state index in [2.05, 4.69) is 0 Å². The van der Waals surface area contributed by atoms with E-state index in [1.54, 1.807) is 0 Å². The van der Waals surface area contributed by atoms with E-state index < -0.39 is 8.32 Å². The van der Waals surface area contributed by atoms with Crippen LogP contribution in [0.25, 0.3) is 0 Å². The number of carbonyl (C=O) groups excluding carboxylic acids is 1. The first kappa shape index (κ1) is 15.8. The van der Waals surface area contributed by atoms with Crippen molar-refractivity contribution in [2.24, 2.45) is 0 Å². The van der Waals surface area contributed by atoms with Crippen molar-refractivity contribution in [2.75, 3.05) is 13.2 Å². The Labute approximate surface area is 137 Å². The zero-order valence-electron chi connectivity index (χ0n) is 13.5. The maximum absolute atomic E-state index is 12.2. The fraction of sp³-hybridized carbons (Fsp3) is 0.278. The van der Waals surface area contributed by atoms with Crippen LogP contribution in [0.4, 0.5) is 0 Å². The summed E-state index contributed by atoms with van der Waals surface area (Å²) in [5.74, 6) is 0.837. The van der Waals surface area contributed by atoms with Gasteiger partial charge in [-0.25, -0.2) is 0 Å². The van der Waals surface area contributed by atoms with Crippen molar-refractivity contribution in [1.29, 1.82) is 0 Å². The van der Waals surface area contributed by atoms with E-state index in [-0.39, 0.29) is 5.91 Å². The van der Waals surface area contributed by atoms with Crippen LogP contribution >= 0.6 is 0 Å². The van der Waals surface area contributed by atoms with E-state index in [9.17, 15) is 9.59 Å². The van der Waals surface area contributed by atoms with E-state index in [1.807, 2.05) is 66.5 Å². The normalized spacial score (nSPS) is 14.0. The highest BCUT2D eigenvalue weighted by Crippen LogP contribution is 2.21. The first-order chi connectivity index (χ1) is 10.9. The molecule has 0 spiro atoms. The summed E-state index contributed by atoms with van der Waals surface area (Å²) in [6, 6.07) is 15.3. The second-order valence-corrected chi connectivity index (χ2v) is 10.0. The minimum Gasteiger partial charge on any atom is -0.492 e. The molecule has 1 amide bonds. The molecule has 0 unspecified atom stereocenters. The standard InChI is InChI=1S/C18H21NO3Si/c1-23(2,21)16-9-7-15(8-10-16)22-12-11-19-13-14-5-3-4-6-17(14)18(19)20/h3-10,21H,11-13H2,1-2H3. The van der Waals surface area contributed by atoms with Crippen molar-refractivity contribution in [1.82, 2.24) is 4.90 Å². The molecule has 2 aromatic rings. The lowest BCUT2D eigenvalue weighted by Gasteiger charge is -2.17. The summed E-state index contributed by atoms with van der Waals surface area (Å²) in [7, 11) is -2.26. The fourth-order valence-corrected chi connectivity index (χ4v) is 3.71. The van der Waals surface area contributed by atoms with Gasteiger partial charge < -0.3 is 14.4 Å². The molecule has 1 N–H and O–H groups in total. The molecular formula is C18H21NO3Si. The van der Waals surface area contributed by atoms with Crippen LogP contribution in [0.1, 0.15) is 15.9 Å². The Morgan fingerprint density at radius 2 is 1.83 bits per heavy atom. The van der Waals surface area contributed by atoms with E-state index in [1.165, 1.54) is 0 Å². The fourth-order valence-electron chi connectivity index (χ4n) is 2.73. The number of rotatable bonds is 5. The molecular weight excluding hydrogens is 306 g/mol. The molecule has 1 heterocycles. The number of benzene rings is 2. The lowest BCUT2D eigenvalue weighted by Crippen LogP contribution is -2.41. The Hall–Kier alpha value is -2.11. The molecule has 0 saturated carbocycles. The molecule has 3 rings (SSSR count). The third-order valence-electron chi connectivity index (χ3n) is 4.09. The van der Waals surface area contributed by atoms with Crippen LogP contribution in [0, 0.1) is 0 Å². The Balaban J connectivity index is 1.54. The minimum absolute atomic E-state index is 0.0765. The van der Waals surface area contributed by atoms with Gasteiger partial charge in [-0.1, -0.05) is 30.3 Å². The number of hydrogen-bond donors (Lipinski definition) is 1. The Morgan fingerprint density at radius 3 is 2.48 bits per heavy atom. The van der Waals surface area contributed by atoms with Gasteiger partial charge in [0.05, 0.1) is 6.54 Å². The molecule has 5 heteroatoms. The number of fused-ring (bicyclic) bond motifs is 1. The quantitative estimate of drug-likeness (QED) is 0.856. The van der Waals surface area contributed by atoms with Crippen molar-refractivity contribution >= 4 is 19.4 Å². The van der Waals surface area contributed by atoms with Crippen LogP contribution in [0.15, 0.2) is 48.5 Å². The highest BCUT2D eigenvalue weighted by Gasteiger charge is 2.26. The van der Waals surface area contributed by atoms with Gasteiger partial charge in [-0.3, -0.25) is 4.79 Å². The molecule has 0 radical (unpaired) electrons. The molecule has 1 aliphatic rings. The molecule has 0 atom stereocenters.